The van der Waals surface area contributed by atoms with Crippen LogP contribution in [-0.2, 0) is 6.42 Å². The van der Waals surface area contributed by atoms with Crippen LogP contribution in [-0.4, -0.2) is 30.7 Å². The zero-order valence-electron chi connectivity index (χ0n) is 16.3. The van der Waals surface area contributed by atoms with Gasteiger partial charge in [-0.05, 0) is 24.1 Å². The van der Waals surface area contributed by atoms with E-state index in [4.69, 9.17) is 4.74 Å². The summed E-state index contributed by atoms with van der Waals surface area (Å²) in [6, 6.07) is 12.7. The first-order chi connectivity index (χ1) is 13.8. The summed E-state index contributed by atoms with van der Waals surface area (Å²) in [7, 11) is 1.50. The van der Waals surface area contributed by atoms with E-state index >= 15 is 0 Å². The first-order valence-corrected chi connectivity index (χ1v) is 8.99. The molecule has 30 heavy (non-hydrogen) atoms. The lowest BCUT2D eigenvalue weighted by molar-refractivity contribution is -0.123. The van der Waals surface area contributed by atoms with Gasteiger partial charge in [-0.3, -0.25) is 9.78 Å². The molecule has 0 unspecified atom stereocenters. The molecular weight excluding hydrogens is 419 g/mol. The Labute approximate surface area is 178 Å². The van der Waals surface area contributed by atoms with Gasteiger partial charge in [-0.1, -0.05) is 37.3 Å². The maximum atomic E-state index is 12.6. The summed E-state index contributed by atoms with van der Waals surface area (Å²) in [6.45, 7) is 0.568. The predicted molar refractivity (Wildman–Crippen MR) is 113 cm³/mol. The number of alkyl halides is 3. The van der Waals surface area contributed by atoms with Gasteiger partial charge in [0.05, 0.1) is 18.4 Å². The Hall–Kier alpha value is -3.00. The van der Waals surface area contributed by atoms with Crippen LogP contribution in [0.25, 0.3) is 10.9 Å². The van der Waals surface area contributed by atoms with E-state index in [-0.39, 0.29) is 18.0 Å². The fourth-order valence-corrected chi connectivity index (χ4v) is 3.03. The number of pyridine rings is 1. The van der Waals surface area contributed by atoms with Crippen LogP contribution in [0.4, 0.5) is 24.5 Å². The number of carbonyl (C=O) groups excluding carboxylic acids is 1. The molecule has 0 aliphatic heterocycles. The third kappa shape index (κ3) is 5.13. The van der Waals surface area contributed by atoms with Crippen molar-refractivity contribution in [3.05, 3.63) is 59.8 Å². The minimum atomic E-state index is -4.51. The number of benzene rings is 2. The molecule has 0 bridgehead atoms. The number of nitrogens with one attached hydrogen (secondary N) is 2. The molecule has 3 aromatic rings. The molecule has 0 aliphatic carbocycles. The second-order valence-electron chi connectivity index (χ2n) is 6.34. The van der Waals surface area contributed by atoms with Crippen LogP contribution in [0, 0.1) is 0 Å². The number of anilines is 2. The highest BCUT2D eigenvalue weighted by Crippen LogP contribution is 2.34. The lowest BCUT2D eigenvalue weighted by Gasteiger charge is -2.18. The summed E-state index contributed by atoms with van der Waals surface area (Å²) >= 11 is 0. The third-order valence-corrected chi connectivity index (χ3v) is 4.43. The van der Waals surface area contributed by atoms with Gasteiger partial charge in [0.1, 0.15) is 17.8 Å². The van der Waals surface area contributed by atoms with E-state index in [1.807, 2.05) is 36.5 Å². The van der Waals surface area contributed by atoms with Crippen LogP contribution in [0.5, 0.6) is 5.75 Å². The van der Waals surface area contributed by atoms with E-state index in [1.165, 1.54) is 13.3 Å². The van der Waals surface area contributed by atoms with Gasteiger partial charge in [0.2, 0.25) is 0 Å². The predicted octanol–water partition coefficient (Wildman–Crippen LogP) is 5.26. The second kappa shape index (κ2) is 9.67. The molecule has 1 aromatic heterocycles. The van der Waals surface area contributed by atoms with Crippen molar-refractivity contribution in [1.29, 1.82) is 0 Å². The molecule has 2 N–H and O–H groups in total. The van der Waals surface area contributed by atoms with Crippen LogP contribution >= 0.6 is 12.4 Å². The van der Waals surface area contributed by atoms with Crippen LogP contribution in [0.1, 0.15) is 22.8 Å². The summed E-state index contributed by atoms with van der Waals surface area (Å²) in [5.74, 6) is -0.368. The summed E-state index contributed by atoms with van der Waals surface area (Å²) in [4.78, 5) is 16.8. The van der Waals surface area contributed by atoms with E-state index in [0.29, 0.717) is 22.3 Å². The van der Waals surface area contributed by atoms with Crippen LogP contribution < -0.4 is 15.4 Å². The van der Waals surface area contributed by atoms with Crippen LogP contribution in [0.2, 0.25) is 0 Å². The molecule has 160 valence electrons. The maximum Gasteiger partial charge on any atom is 0.405 e. The molecule has 9 heteroatoms. The molecule has 1 amide bonds. The number of amides is 1. The normalized spacial score (nSPS) is 11.0. The van der Waals surface area contributed by atoms with Crippen molar-refractivity contribution in [1.82, 2.24) is 10.3 Å². The molecule has 0 atom stereocenters. The number of rotatable bonds is 6. The van der Waals surface area contributed by atoms with E-state index in [1.54, 1.807) is 18.2 Å². The molecule has 5 nitrogen and oxygen atoms in total. The summed E-state index contributed by atoms with van der Waals surface area (Å²) in [6.07, 6.45) is -2.51. The van der Waals surface area contributed by atoms with E-state index in [2.05, 4.69) is 10.3 Å². The smallest absolute Gasteiger partial charge is 0.405 e. The molecule has 2 aromatic carbocycles. The highest BCUT2D eigenvalue weighted by molar-refractivity contribution is 6.09. The average molecular weight is 440 g/mol. The van der Waals surface area contributed by atoms with Crippen LogP contribution in [0.15, 0.2) is 48.7 Å². The number of aromatic nitrogens is 1. The Morgan fingerprint density at radius 3 is 2.53 bits per heavy atom. The molecule has 0 saturated carbocycles. The Bertz CT molecular complexity index is 1040. The molecule has 0 spiro atoms. The number of fused-ring (bicyclic) bond motifs is 1. The Balaban J connectivity index is 0.00000320. The van der Waals surface area contributed by atoms with Crippen molar-refractivity contribution in [2.45, 2.75) is 19.5 Å². The van der Waals surface area contributed by atoms with Crippen molar-refractivity contribution in [3.63, 3.8) is 0 Å². The minimum absolute atomic E-state index is 0. The molecule has 3 rings (SSSR count). The van der Waals surface area contributed by atoms with Gasteiger partial charge in [0.15, 0.2) is 0 Å². The zero-order valence-corrected chi connectivity index (χ0v) is 17.2. The van der Waals surface area contributed by atoms with Crippen molar-refractivity contribution in [2.24, 2.45) is 0 Å². The number of nitrogens with zero attached hydrogens (tertiary/aromatic N) is 1. The Morgan fingerprint density at radius 1 is 1.13 bits per heavy atom. The van der Waals surface area contributed by atoms with Gasteiger partial charge < -0.3 is 15.4 Å². The van der Waals surface area contributed by atoms with Crippen molar-refractivity contribution in [2.75, 3.05) is 19.0 Å². The van der Waals surface area contributed by atoms with E-state index < -0.39 is 18.6 Å². The van der Waals surface area contributed by atoms with Gasteiger partial charge in [-0.2, -0.15) is 13.2 Å². The highest BCUT2D eigenvalue weighted by atomic mass is 35.5. The molecule has 0 aliphatic rings. The highest BCUT2D eigenvalue weighted by Gasteiger charge is 2.29. The topological polar surface area (TPSA) is 63.2 Å². The van der Waals surface area contributed by atoms with E-state index in [9.17, 15) is 18.0 Å². The third-order valence-electron chi connectivity index (χ3n) is 4.43. The number of ether oxygens (including phenoxy) is 1. The Kier molecular flexibility index (Phi) is 7.50. The summed E-state index contributed by atoms with van der Waals surface area (Å²) < 4.78 is 43.0. The summed E-state index contributed by atoms with van der Waals surface area (Å²) in [5, 5.41) is 5.70. The standard InChI is InChI=1S/C21H20F3N3O2.ClH/c1-3-13-7-4-5-9-16(13)27-18-14-8-6-10-17(29-2)19(14)25-11-15(18)20(28)26-12-21(22,23)24;/h4-11H,3,12H2,1-2H3,(H,25,27)(H,26,28);1H. The molecule has 0 saturated heterocycles. The first-order valence-electron chi connectivity index (χ1n) is 8.99. The monoisotopic (exact) mass is 439 g/mol. The first kappa shape index (κ1) is 23.3. The van der Waals surface area contributed by atoms with Gasteiger partial charge in [-0.25, -0.2) is 0 Å². The number of halogens is 4. The maximum absolute atomic E-state index is 12.6. The number of methoxy groups -OCH3 is 1. The van der Waals surface area contributed by atoms with Gasteiger partial charge in [0, 0.05) is 17.3 Å². The molecule has 0 fully saturated rings. The average Bonchev–Trinajstić information content (AvgIpc) is 2.71. The van der Waals surface area contributed by atoms with Gasteiger partial charge in [-0.15, -0.1) is 12.4 Å². The SMILES string of the molecule is CCc1ccccc1Nc1c(C(=O)NCC(F)(F)F)cnc2c(OC)cccc12.Cl. The second-order valence-corrected chi connectivity index (χ2v) is 6.34. The van der Waals surface area contributed by atoms with Gasteiger partial charge >= 0.3 is 6.18 Å². The quantitative estimate of drug-likeness (QED) is 0.549. The van der Waals surface area contributed by atoms with Gasteiger partial charge in [0.25, 0.3) is 5.91 Å². The number of para-hydroxylation sites is 2. The number of hydrogen-bond donors (Lipinski definition) is 2. The fourth-order valence-electron chi connectivity index (χ4n) is 3.03. The minimum Gasteiger partial charge on any atom is -0.494 e. The van der Waals surface area contributed by atoms with Crippen molar-refractivity contribution in [3.8, 4) is 5.75 Å². The number of aryl methyl sites for hydroxylation is 1. The number of hydrogen-bond acceptors (Lipinski definition) is 4. The molecule has 0 radical (unpaired) electrons. The largest absolute Gasteiger partial charge is 0.494 e. The molecule has 1 heterocycles. The Morgan fingerprint density at radius 2 is 1.87 bits per heavy atom. The number of carbonyl (C=O) groups is 1. The van der Waals surface area contributed by atoms with Crippen molar-refractivity contribution >= 4 is 40.6 Å². The van der Waals surface area contributed by atoms with Crippen molar-refractivity contribution < 1.29 is 22.7 Å². The zero-order chi connectivity index (χ0) is 21.0. The summed E-state index contributed by atoms with van der Waals surface area (Å²) in [5.41, 5.74) is 2.64. The van der Waals surface area contributed by atoms with Crippen LogP contribution in [0.3, 0.4) is 0 Å². The lowest BCUT2D eigenvalue weighted by Crippen LogP contribution is -2.34. The fraction of sp³-hybridized carbons (Fsp3) is 0.238. The molecular formula is C21H21ClF3N3O2. The van der Waals surface area contributed by atoms with E-state index in [0.717, 1.165) is 17.7 Å². The lowest BCUT2D eigenvalue weighted by atomic mass is 10.1.